The van der Waals surface area contributed by atoms with Crippen LogP contribution < -0.4 is 10.9 Å². The Morgan fingerprint density at radius 3 is 2.95 bits per heavy atom. The van der Waals surface area contributed by atoms with E-state index in [0.717, 1.165) is 24.3 Å². The summed E-state index contributed by atoms with van der Waals surface area (Å²) in [5.41, 5.74) is 0.0756. The second kappa shape index (κ2) is 5.32. The number of hydrogen-bond acceptors (Lipinski definition) is 6. The van der Waals surface area contributed by atoms with Crippen LogP contribution in [0.2, 0.25) is 0 Å². The van der Waals surface area contributed by atoms with Gasteiger partial charge in [0.15, 0.2) is 5.75 Å². The van der Waals surface area contributed by atoms with Crippen LogP contribution in [-0.4, -0.2) is 37.2 Å². The van der Waals surface area contributed by atoms with Crippen molar-refractivity contribution >= 4 is 28.7 Å². The van der Waals surface area contributed by atoms with E-state index < -0.39 is 5.56 Å². The van der Waals surface area contributed by atoms with Crippen molar-refractivity contribution in [1.82, 2.24) is 14.5 Å². The number of aromatic hydroxyl groups is 1. The zero-order valence-corrected chi connectivity index (χ0v) is 12.0. The lowest BCUT2D eigenvalue weighted by Gasteiger charge is -2.22. The molecule has 0 radical (unpaired) electrons. The molecule has 0 aliphatic carbocycles. The minimum absolute atomic E-state index is 0.284. The second-order valence-corrected chi connectivity index (χ2v) is 6.12. The number of nitrogens with zero attached hydrogens (tertiary/aromatic N) is 3. The van der Waals surface area contributed by atoms with Crippen molar-refractivity contribution < 1.29 is 5.11 Å². The minimum atomic E-state index is -0.448. The summed E-state index contributed by atoms with van der Waals surface area (Å²) < 4.78 is 1.34. The Morgan fingerprint density at radius 1 is 1.45 bits per heavy atom. The highest BCUT2D eigenvalue weighted by atomic mass is 32.2. The summed E-state index contributed by atoms with van der Waals surface area (Å²) in [6.07, 6.45) is 3.82. The van der Waals surface area contributed by atoms with E-state index in [0.29, 0.717) is 23.0 Å². The number of thioether (sulfide) groups is 1. The fourth-order valence-corrected chi connectivity index (χ4v) is 3.43. The van der Waals surface area contributed by atoms with Gasteiger partial charge in [-0.2, -0.15) is 16.7 Å². The maximum absolute atomic E-state index is 11.7. The number of rotatable bonds is 2. The number of nitrogens with one attached hydrogen (secondary N) is 1. The Labute approximate surface area is 120 Å². The van der Waals surface area contributed by atoms with Gasteiger partial charge >= 0.3 is 0 Å². The molecule has 1 aliphatic heterocycles. The molecular weight excluding hydrogens is 276 g/mol. The molecule has 0 spiro atoms. The molecule has 0 aromatic carbocycles. The molecule has 2 aromatic rings. The Bertz CT molecular complexity index is 695. The van der Waals surface area contributed by atoms with Crippen LogP contribution in [0, 0.1) is 0 Å². The molecular formula is C13H16N4O2S. The van der Waals surface area contributed by atoms with Crippen molar-refractivity contribution in [2.24, 2.45) is 7.05 Å². The zero-order chi connectivity index (χ0) is 14.1. The van der Waals surface area contributed by atoms with Gasteiger partial charge in [0.2, 0.25) is 5.95 Å². The van der Waals surface area contributed by atoms with Gasteiger partial charge in [0.05, 0.1) is 0 Å². The number of fused-ring (bicyclic) bond motifs is 1. The van der Waals surface area contributed by atoms with E-state index in [4.69, 9.17) is 0 Å². The van der Waals surface area contributed by atoms with Crippen molar-refractivity contribution in [2.45, 2.75) is 18.9 Å². The molecule has 7 heteroatoms. The van der Waals surface area contributed by atoms with Gasteiger partial charge in [0, 0.05) is 24.7 Å². The van der Waals surface area contributed by atoms with Crippen molar-refractivity contribution in [3.05, 3.63) is 22.6 Å². The van der Waals surface area contributed by atoms with E-state index in [1.165, 1.54) is 10.6 Å². The summed E-state index contributed by atoms with van der Waals surface area (Å²) in [5.74, 6) is 2.55. The van der Waals surface area contributed by atoms with Crippen LogP contribution in [0.15, 0.2) is 17.1 Å². The Hall–Kier alpha value is -1.76. The van der Waals surface area contributed by atoms with Gasteiger partial charge in [0.1, 0.15) is 5.65 Å². The fourth-order valence-electron chi connectivity index (χ4n) is 2.32. The molecule has 3 rings (SSSR count). The van der Waals surface area contributed by atoms with Crippen LogP contribution in [0.25, 0.3) is 11.0 Å². The molecule has 3 heterocycles. The van der Waals surface area contributed by atoms with Crippen molar-refractivity contribution in [3.63, 3.8) is 0 Å². The summed E-state index contributed by atoms with van der Waals surface area (Å²) in [6, 6.07) is 1.79. The predicted octanol–water partition coefficient (Wildman–Crippen LogP) is 1.34. The third-order valence-electron chi connectivity index (χ3n) is 3.48. The molecule has 1 saturated heterocycles. The smallest absolute Gasteiger partial charge is 0.294 e. The molecule has 0 saturated carbocycles. The summed E-state index contributed by atoms with van der Waals surface area (Å²) >= 11 is 1.96. The third kappa shape index (κ3) is 2.45. The van der Waals surface area contributed by atoms with Gasteiger partial charge < -0.3 is 10.4 Å². The lowest BCUT2D eigenvalue weighted by Crippen LogP contribution is -2.26. The maximum Gasteiger partial charge on any atom is 0.294 e. The first-order valence-electron chi connectivity index (χ1n) is 6.55. The van der Waals surface area contributed by atoms with Crippen LogP contribution in [-0.2, 0) is 7.05 Å². The SMILES string of the molecule is Cn1c(=O)c(O)cc2cnc(NC3CCSCC3)nc21. The molecule has 20 heavy (non-hydrogen) atoms. The van der Waals surface area contributed by atoms with Crippen LogP contribution in [0.5, 0.6) is 5.75 Å². The highest BCUT2D eigenvalue weighted by molar-refractivity contribution is 7.99. The fraction of sp³-hybridized carbons (Fsp3) is 0.462. The average Bonchev–Trinajstić information content (AvgIpc) is 2.47. The first kappa shape index (κ1) is 13.2. The van der Waals surface area contributed by atoms with E-state index in [-0.39, 0.29) is 5.75 Å². The summed E-state index contributed by atoms with van der Waals surface area (Å²) in [5, 5.41) is 13.5. The molecule has 106 valence electrons. The molecule has 0 amide bonds. The number of anilines is 1. The van der Waals surface area contributed by atoms with Crippen molar-refractivity contribution in [2.75, 3.05) is 16.8 Å². The third-order valence-corrected chi connectivity index (χ3v) is 4.53. The van der Waals surface area contributed by atoms with E-state index in [2.05, 4.69) is 15.3 Å². The van der Waals surface area contributed by atoms with Gasteiger partial charge in [-0.25, -0.2) is 4.98 Å². The maximum atomic E-state index is 11.7. The Balaban J connectivity index is 1.95. The van der Waals surface area contributed by atoms with E-state index >= 15 is 0 Å². The highest BCUT2D eigenvalue weighted by Crippen LogP contribution is 2.20. The van der Waals surface area contributed by atoms with Crippen molar-refractivity contribution in [1.29, 1.82) is 0 Å². The minimum Gasteiger partial charge on any atom is -0.503 e. The average molecular weight is 292 g/mol. The zero-order valence-electron chi connectivity index (χ0n) is 11.2. The molecule has 6 nitrogen and oxygen atoms in total. The van der Waals surface area contributed by atoms with E-state index in [1.807, 2.05) is 11.8 Å². The van der Waals surface area contributed by atoms with Gasteiger partial charge in [-0.15, -0.1) is 0 Å². The largest absolute Gasteiger partial charge is 0.503 e. The summed E-state index contributed by atoms with van der Waals surface area (Å²) in [6.45, 7) is 0. The summed E-state index contributed by atoms with van der Waals surface area (Å²) in [7, 11) is 1.60. The van der Waals surface area contributed by atoms with E-state index in [1.54, 1.807) is 13.2 Å². The van der Waals surface area contributed by atoms with Crippen LogP contribution in [0.1, 0.15) is 12.8 Å². The van der Waals surface area contributed by atoms with Gasteiger partial charge in [-0.1, -0.05) is 0 Å². The van der Waals surface area contributed by atoms with E-state index in [9.17, 15) is 9.90 Å². The molecule has 2 aromatic heterocycles. The lowest BCUT2D eigenvalue weighted by molar-refractivity contribution is 0.463. The van der Waals surface area contributed by atoms with Gasteiger partial charge in [0.25, 0.3) is 5.56 Å². The Morgan fingerprint density at radius 2 is 2.20 bits per heavy atom. The standard InChI is InChI=1S/C13H16N4O2S/c1-17-11-8(6-10(18)12(17)19)7-14-13(16-11)15-9-2-4-20-5-3-9/h6-7,9,18H,2-5H2,1H3,(H,14,15,16). The van der Waals surface area contributed by atoms with Crippen LogP contribution in [0.4, 0.5) is 5.95 Å². The molecule has 1 fully saturated rings. The monoisotopic (exact) mass is 292 g/mol. The first-order chi connectivity index (χ1) is 9.65. The highest BCUT2D eigenvalue weighted by Gasteiger charge is 2.15. The van der Waals surface area contributed by atoms with Crippen LogP contribution in [0.3, 0.4) is 0 Å². The molecule has 2 N–H and O–H groups in total. The topological polar surface area (TPSA) is 80.0 Å². The second-order valence-electron chi connectivity index (χ2n) is 4.90. The Kier molecular flexibility index (Phi) is 3.52. The molecule has 1 aliphatic rings. The number of aromatic nitrogens is 3. The molecule has 0 unspecified atom stereocenters. The number of hydrogen-bond donors (Lipinski definition) is 2. The normalized spacial score (nSPS) is 16.4. The molecule has 0 atom stereocenters. The van der Waals surface area contributed by atoms with Gasteiger partial charge in [-0.05, 0) is 30.4 Å². The number of pyridine rings is 1. The first-order valence-corrected chi connectivity index (χ1v) is 7.70. The lowest BCUT2D eigenvalue weighted by atomic mass is 10.2. The quantitative estimate of drug-likeness (QED) is 0.869. The molecule has 0 bridgehead atoms. The summed E-state index contributed by atoms with van der Waals surface area (Å²) in [4.78, 5) is 20.4. The van der Waals surface area contributed by atoms with Gasteiger partial charge in [-0.3, -0.25) is 9.36 Å². The van der Waals surface area contributed by atoms with Crippen molar-refractivity contribution in [3.8, 4) is 5.75 Å². The predicted molar refractivity (Wildman–Crippen MR) is 80.4 cm³/mol. The van der Waals surface area contributed by atoms with Crippen LogP contribution >= 0.6 is 11.8 Å². The number of aryl methyl sites for hydroxylation is 1.